The van der Waals surface area contributed by atoms with Crippen LogP contribution in [0.2, 0.25) is 0 Å². The van der Waals surface area contributed by atoms with Crippen molar-refractivity contribution in [2.75, 3.05) is 31.7 Å². The van der Waals surface area contributed by atoms with Gasteiger partial charge in [-0.25, -0.2) is 12.9 Å². The minimum Gasteiger partial charge on any atom is -0.320 e. The first-order valence-corrected chi connectivity index (χ1v) is 12.4. The van der Waals surface area contributed by atoms with Crippen LogP contribution in [0.3, 0.4) is 0 Å². The highest BCUT2D eigenvalue weighted by molar-refractivity contribution is 7.90. The van der Waals surface area contributed by atoms with Gasteiger partial charge in [0.25, 0.3) is 0 Å². The molecule has 1 fully saturated rings. The van der Waals surface area contributed by atoms with Crippen LogP contribution in [-0.2, 0) is 16.4 Å². The lowest BCUT2D eigenvalue weighted by Gasteiger charge is -2.09. The lowest BCUT2D eigenvalue weighted by molar-refractivity contribution is 0.370. The fourth-order valence-corrected chi connectivity index (χ4v) is 4.79. The van der Waals surface area contributed by atoms with Gasteiger partial charge in [-0.05, 0) is 55.8 Å². The summed E-state index contributed by atoms with van der Waals surface area (Å²) < 4.78 is 27.2. The van der Waals surface area contributed by atoms with Crippen molar-refractivity contribution in [2.24, 2.45) is 5.92 Å². The summed E-state index contributed by atoms with van der Waals surface area (Å²) in [7, 11) is -1.08. The maximum Gasteiger partial charge on any atom is 0.247 e. The molecule has 1 aromatic carbocycles. The first-order valence-electron chi connectivity index (χ1n) is 10.5. The Balaban J connectivity index is 1.37. The van der Waals surface area contributed by atoms with Gasteiger partial charge >= 0.3 is 0 Å². The molecule has 4 aromatic rings. The highest BCUT2D eigenvalue weighted by Gasteiger charge is 2.20. The normalized spacial score (nSPS) is 17.2. The molecule has 0 saturated carbocycles. The van der Waals surface area contributed by atoms with Crippen LogP contribution in [0.5, 0.6) is 0 Å². The van der Waals surface area contributed by atoms with Gasteiger partial charge in [0.05, 0.1) is 16.8 Å². The molecule has 3 aromatic heterocycles. The van der Waals surface area contributed by atoms with Gasteiger partial charge in [-0.15, -0.1) is 5.10 Å². The number of hydrogen-bond donors (Lipinski definition) is 1. The average molecular weight is 452 g/mol. The zero-order chi connectivity index (χ0) is 22.3. The molecule has 0 radical (unpaired) electrons. The van der Waals surface area contributed by atoms with Crippen LogP contribution in [-0.4, -0.2) is 64.1 Å². The molecule has 9 nitrogen and oxygen atoms in total. The molecule has 1 aliphatic rings. The summed E-state index contributed by atoms with van der Waals surface area (Å²) in [6.07, 6.45) is 8.00. The van der Waals surface area contributed by atoms with Crippen molar-refractivity contribution in [1.82, 2.24) is 29.3 Å². The maximum absolute atomic E-state index is 11.7. The van der Waals surface area contributed by atoms with Crippen LogP contribution < -0.4 is 5.32 Å². The Hall–Kier alpha value is -3.24. The van der Waals surface area contributed by atoms with Crippen LogP contribution in [0, 0.1) is 5.92 Å². The number of rotatable bonds is 6. The van der Waals surface area contributed by atoms with E-state index < -0.39 is 9.84 Å². The molecular weight excluding hydrogens is 426 g/mol. The molecule has 1 atom stereocenters. The van der Waals surface area contributed by atoms with Crippen molar-refractivity contribution in [3.05, 3.63) is 55.0 Å². The van der Waals surface area contributed by atoms with Gasteiger partial charge in [-0.3, -0.25) is 4.68 Å². The summed E-state index contributed by atoms with van der Waals surface area (Å²) in [5, 5.41) is 12.2. The summed E-state index contributed by atoms with van der Waals surface area (Å²) in [5.74, 6) is 1.10. The quantitative estimate of drug-likeness (QED) is 0.481. The zero-order valence-corrected chi connectivity index (χ0v) is 18.8. The predicted molar refractivity (Wildman–Crippen MR) is 123 cm³/mol. The Bertz CT molecular complexity index is 1360. The Morgan fingerprint density at radius 3 is 2.72 bits per heavy atom. The lowest BCUT2D eigenvalue weighted by atomic mass is 10.1. The molecule has 4 heterocycles. The van der Waals surface area contributed by atoms with E-state index >= 15 is 0 Å². The van der Waals surface area contributed by atoms with E-state index in [9.17, 15) is 8.42 Å². The van der Waals surface area contributed by atoms with Gasteiger partial charge in [0.15, 0.2) is 15.5 Å². The minimum absolute atomic E-state index is 0.290. The molecule has 10 heteroatoms. The SMILES string of the molecule is CN1CCC(Cn2cc(Nc3nc4c(-c5ccc(S(C)(=O)=O)cc5)cccn4n3)cn2)C1. The molecule has 32 heavy (non-hydrogen) atoms. The highest BCUT2D eigenvalue weighted by Crippen LogP contribution is 2.26. The van der Waals surface area contributed by atoms with E-state index in [1.807, 2.05) is 29.2 Å². The number of fused-ring (bicyclic) bond motifs is 1. The number of nitrogens with zero attached hydrogens (tertiary/aromatic N) is 6. The molecule has 1 unspecified atom stereocenters. The van der Waals surface area contributed by atoms with Crippen molar-refractivity contribution < 1.29 is 8.42 Å². The number of pyridine rings is 1. The van der Waals surface area contributed by atoms with Crippen molar-refractivity contribution >= 4 is 27.1 Å². The molecule has 0 spiro atoms. The Labute approximate surface area is 186 Å². The molecule has 5 rings (SSSR count). The van der Waals surface area contributed by atoms with E-state index in [4.69, 9.17) is 0 Å². The Morgan fingerprint density at radius 2 is 2.00 bits per heavy atom. The minimum atomic E-state index is -3.24. The van der Waals surface area contributed by atoms with E-state index in [0.29, 0.717) is 22.4 Å². The second kappa shape index (κ2) is 8.03. The average Bonchev–Trinajstić information content (AvgIpc) is 3.47. The third-order valence-electron chi connectivity index (χ3n) is 5.78. The smallest absolute Gasteiger partial charge is 0.247 e. The third kappa shape index (κ3) is 4.23. The molecule has 0 bridgehead atoms. The monoisotopic (exact) mass is 451 g/mol. The van der Waals surface area contributed by atoms with Gasteiger partial charge in [-0.1, -0.05) is 12.1 Å². The zero-order valence-electron chi connectivity index (χ0n) is 18.0. The van der Waals surface area contributed by atoms with Crippen molar-refractivity contribution in [3.63, 3.8) is 0 Å². The van der Waals surface area contributed by atoms with E-state index in [1.54, 1.807) is 35.0 Å². The topological polar surface area (TPSA) is 97.4 Å². The van der Waals surface area contributed by atoms with Crippen molar-refractivity contribution in [3.8, 4) is 11.1 Å². The molecule has 1 N–H and O–H groups in total. The Kier molecular flexibility index (Phi) is 5.18. The summed E-state index contributed by atoms with van der Waals surface area (Å²) in [4.78, 5) is 7.29. The van der Waals surface area contributed by atoms with Gasteiger partial charge < -0.3 is 10.2 Å². The van der Waals surface area contributed by atoms with Crippen LogP contribution >= 0.6 is 0 Å². The maximum atomic E-state index is 11.7. The number of aromatic nitrogens is 5. The number of benzene rings is 1. The fourth-order valence-electron chi connectivity index (χ4n) is 4.16. The van der Waals surface area contributed by atoms with E-state index in [0.717, 1.165) is 36.4 Å². The van der Waals surface area contributed by atoms with E-state index in [-0.39, 0.29) is 0 Å². The molecule has 1 aliphatic heterocycles. The van der Waals surface area contributed by atoms with Gasteiger partial charge in [0.1, 0.15) is 0 Å². The summed E-state index contributed by atoms with van der Waals surface area (Å²) in [6, 6.07) is 10.6. The highest BCUT2D eigenvalue weighted by atomic mass is 32.2. The van der Waals surface area contributed by atoms with Crippen LogP contribution in [0.4, 0.5) is 11.6 Å². The van der Waals surface area contributed by atoms with Crippen LogP contribution in [0.1, 0.15) is 6.42 Å². The van der Waals surface area contributed by atoms with Gasteiger partial charge in [-0.2, -0.15) is 10.1 Å². The van der Waals surface area contributed by atoms with Gasteiger partial charge in [0.2, 0.25) is 5.95 Å². The summed E-state index contributed by atoms with van der Waals surface area (Å²) in [5.41, 5.74) is 3.26. The lowest BCUT2D eigenvalue weighted by Crippen LogP contribution is -2.17. The number of hydrogen-bond acceptors (Lipinski definition) is 7. The van der Waals surface area contributed by atoms with E-state index in [2.05, 4.69) is 32.4 Å². The largest absolute Gasteiger partial charge is 0.320 e. The third-order valence-corrected chi connectivity index (χ3v) is 6.91. The van der Waals surface area contributed by atoms with Crippen LogP contribution in [0.25, 0.3) is 16.8 Å². The number of sulfone groups is 1. The number of nitrogens with one attached hydrogen (secondary N) is 1. The first kappa shape index (κ1) is 20.7. The molecule has 0 aliphatic carbocycles. The molecular formula is C22H25N7O2S. The first-order chi connectivity index (χ1) is 15.3. The predicted octanol–water partition coefficient (Wildman–Crippen LogP) is 2.69. The summed E-state index contributed by atoms with van der Waals surface area (Å²) >= 11 is 0. The molecule has 0 amide bonds. The van der Waals surface area contributed by atoms with Crippen molar-refractivity contribution in [1.29, 1.82) is 0 Å². The Morgan fingerprint density at radius 1 is 1.19 bits per heavy atom. The standard InChI is InChI=1S/C22H25N7O2S/c1-27-11-9-16(13-27)14-28-15-18(12-23-28)24-22-25-21-20(4-3-10-29(21)26-22)17-5-7-19(8-6-17)32(2,30)31/h3-8,10,12,15-16H,9,11,13-14H2,1-2H3,(H,24,26). The van der Waals surface area contributed by atoms with Crippen molar-refractivity contribution in [2.45, 2.75) is 17.9 Å². The van der Waals surface area contributed by atoms with E-state index in [1.165, 1.54) is 12.7 Å². The second-order valence-corrected chi connectivity index (χ2v) is 10.4. The fraction of sp³-hybridized carbons (Fsp3) is 0.318. The second-order valence-electron chi connectivity index (χ2n) is 8.41. The number of likely N-dealkylation sites (tertiary alicyclic amines) is 1. The molecule has 1 saturated heterocycles. The van der Waals surface area contributed by atoms with Crippen LogP contribution in [0.15, 0.2) is 59.9 Å². The number of anilines is 2. The summed E-state index contributed by atoms with van der Waals surface area (Å²) in [6.45, 7) is 3.14. The molecule has 166 valence electrons. The van der Waals surface area contributed by atoms with Gasteiger partial charge in [0, 0.05) is 37.3 Å².